The topological polar surface area (TPSA) is 92.8 Å². The van der Waals surface area contributed by atoms with Gasteiger partial charge in [0, 0.05) is 12.2 Å². The minimum absolute atomic E-state index is 0.101. The van der Waals surface area contributed by atoms with Crippen molar-refractivity contribution in [2.45, 2.75) is 20.3 Å². The molecule has 172 valence electrons. The first-order chi connectivity index (χ1) is 16.3. The molecule has 34 heavy (non-hydrogen) atoms. The first-order valence-corrected chi connectivity index (χ1v) is 10.9. The normalized spacial score (nSPS) is 12.5. The van der Waals surface area contributed by atoms with E-state index in [9.17, 15) is 19.2 Å². The lowest BCUT2D eigenvalue weighted by Gasteiger charge is -2.13. The third kappa shape index (κ3) is 4.88. The van der Waals surface area contributed by atoms with Gasteiger partial charge in [-0.15, -0.1) is 0 Å². The second-order valence-corrected chi connectivity index (χ2v) is 8.20. The molecule has 0 atom stereocenters. The Labute approximate surface area is 197 Å². The Hall–Kier alpha value is -4.26. The van der Waals surface area contributed by atoms with E-state index in [0.29, 0.717) is 12.1 Å². The summed E-state index contributed by atoms with van der Waals surface area (Å²) in [5.41, 5.74) is 4.07. The van der Waals surface area contributed by atoms with E-state index in [1.165, 1.54) is 23.1 Å². The maximum atomic E-state index is 12.8. The molecule has 7 nitrogen and oxygen atoms in total. The van der Waals surface area contributed by atoms with Crippen LogP contribution < -0.4 is 5.32 Å². The van der Waals surface area contributed by atoms with Crippen molar-refractivity contribution in [1.82, 2.24) is 4.90 Å². The number of rotatable bonds is 7. The molecule has 0 radical (unpaired) electrons. The molecule has 1 aliphatic heterocycles. The van der Waals surface area contributed by atoms with Crippen LogP contribution in [-0.2, 0) is 16.0 Å². The summed E-state index contributed by atoms with van der Waals surface area (Å²) >= 11 is 0. The van der Waals surface area contributed by atoms with E-state index < -0.39 is 24.4 Å². The molecule has 3 aromatic carbocycles. The van der Waals surface area contributed by atoms with Crippen molar-refractivity contribution in [3.63, 3.8) is 0 Å². The Morgan fingerprint density at radius 2 is 1.62 bits per heavy atom. The highest BCUT2D eigenvalue weighted by Crippen LogP contribution is 2.25. The average Bonchev–Trinajstić information content (AvgIpc) is 3.08. The van der Waals surface area contributed by atoms with E-state index in [2.05, 4.69) is 5.32 Å². The van der Waals surface area contributed by atoms with Crippen molar-refractivity contribution in [3.05, 3.63) is 100 Å². The Bertz CT molecular complexity index is 1280. The Kier molecular flexibility index (Phi) is 6.54. The van der Waals surface area contributed by atoms with Gasteiger partial charge >= 0.3 is 5.97 Å². The van der Waals surface area contributed by atoms with E-state index in [4.69, 9.17) is 4.74 Å². The number of hydrogen-bond acceptors (Lipinski definition) is 5. The van der Waals surface area contributed by atoms with Gasteiger partial charge in [-0.3, -0.25) is 19.3 Å². The van der Waals surface area contributed by atoms with E-state index in [-0.39, 0.29) is 29.1 Å². The molecule has 1 N–H and O–H groups in total. The summed E-state index contributed by atoms with van der Waals surface area (Å²) in [4.78, 5) is 51.4. The SMILES string of the molecule is Cc1ccc(C)c(NC(=O)COC(=O)c2ccc3c(c2)C(=O)N(CCc2ccccc2)C3=O)c1. The third-order valence-electron chi connectivity index (χ3n) is 5.67. The summed E-state index contributed by atoms with van der Waals surface area (Å²) < 4.78 is 5.13. The highest BCUT2D eigenvalue weighted by molar-refractivity contribution is 6.22. The van der Waals surface area contributed by atoms with Crippen molar-refractivity contribution >= 4 is 29.4 Å². The van der Waals surface area contributed by atoms with Crippen LogP contribution in [-0.4, -0.2) is 41.7 Å². The van der Waals surface area contributed by atoms with Crippen molar-refractivity contribution in [2.75, 3.05) is 18.5 Å². The van der Waals surface area contributed by atoms with Crippen molar-refractivity contribution in [3.8, 4) is 0 Å². The number of hydrogen-bond donors (Lipinski definition) is 1. The minimum Gasteiger partial charge on any atom is -0.452 e. The molecule has 0 bridgehead atoms. The fourth-order valence-corrected chi connectivity index (χ4v) is 3.78. The number of carbonyl (C=O) groups is 4. The number of ether oxygens (including phenoxy) is 1. The monoisotopic (exact) mass is 456 g/mol. The number of amides is 3. The van der Waals surface area contributed by atoms with Gasteiger partial charge in [-0.1, -0.05) is 42.5 Å². The summed E-state index contributed by atoms with van der Waals surface area (Å²) in [7, 11) is 0. The van der Waals surface area contributed by atoms with Crippen LogP contribution in [0.3, 0.4) is 0 Å². The molecule has 0 unspecified atom stereocenters. The third-order valence-corrected chi connectivity index (χ3v) is 5.67. The van der Waals surface area contributed by atoms with E-state index in [1.54, 1.807) is 0 Å². The second kappa shape index (κ2) is 9.70. The first kappa shape index (κ1) is 22.9. The molecule has 1 heterocycles. The zero-order valence-electron chi connectivity index (χ0n) is 19.0. The molecule has 1 aliphatic rings. The van der Waals surface area contributed by atoms with E-state index >= 15 is 0 Å². The summed E-state index contributed by atoms with van der Waals surface area (Å²) in [6.45, 7) is 3.55. The predicted molar refractivity (Wildman–Crippen MR) is 127 cm³/mol. The van der Waals surface area contributed by atoms with Gasteiger partial charge < -0.3 is 10.1 Å². The van der Waals surface area contributed by atoms with Crippen LogP contribution in [0.5, 0.6) is 0 Å². The van der Waals surface area contributed by atoms with E-state index in [1.807, 2.05) is 62.4 Å². The molecule has 0 aliphatic carbocycles. The molecule has 0 aromatic heterocycles. The van der Waals surface area contributed by atoms with Gasteiger partial charge in [-0.05, 0) is 61.2 Å². The number of benzene rings is 3. The minimum atomic E-state index is -0.748. The molecule has 4 rings (SSSR count). The number of aryl methyl sites for hydroxylation is 2. The van der Waals surface area contributed by atoms with Crippen LogP contribution in [0.2, 0.25) is 0 Å². The van der Waals surface area contributed by atoms with Crippen LogP contribution in [0.25, 0.3) is 0 Å². The summed E-state index contributed by atoms with van der Waals surface area (Å²) in [5, 5.41) is 2.72. The Morgan fingerprint density at radius 3 is 2.38 bits per heavy atom. The van der Waals surface area contributed by atoms with Gasteiger partial charge in [0.25, 0.3) is 17.7 Å². The number of esters is 1. The number of carbonyl (C=O) groups excluding carboxylic acids is 4. The zero-order chi connectivity index (χ0) is 24.2. The van der Waals surface area contributed by atoms with Gasteiger partial charge in [0.2, 0.25) is 0 Å². The Morgan fingerprint density at radius 1 is 0.882 bits per heavy atom. The molecule has 0 saturated heterocycles. The van der Waals surface area contributed by atoms with Crippen LogP contribution in [0.4, 0.5) is 5.69 Å². The maximum absolute atomic E-state index is 12.8. The maximum Gasteiger partial charge on any atom is 0.338 e. The van der Waals surface area contributed by atoms with Gasteiger partial charge in [0.1, 0.15) is 0 Å². The highest BCUT2D eigenvalue weighted by Gasteiger charge is 2.35. The lowest BCUT2D eigenvalue weighted by molar-refractivity contribution is -0.119. The van der Waals surface area contributed by atoms with E-state index in [0.717, 1.165) is 16.7 Å². The van der Waals surface area contributed by atoms with Crippen molar-refractivity contribution in [2.24, 2.45) is 0 Å². The lowest BCUT2D eigenvalue weighted by atomic mass is 10.1. The van der Waals surface area contributed by atoms with Crippen molar-refractivity contribution < 1.29 is 23.9 Å². The fraction of sp³-hybridized carbons (Fsp3) is 0.185. The molecule has 0 fully saturated rings. The molecule has 7 heteroatoms. The number of nitrogens with one attached hydrogen (secondary N) is 1. The molecule has 3 aromatic rings. The van der Waals surface area contributed by atoms with Crippen LogP contribution in [0, 0.1) is 13.8 Å². The number of fused-ring (bicyclic) bond motifs is 1. The zero-order valence-corrected chi connectivity index (χ0v) is 19.0. The first-order valence-electron chi connectivity index (χ1n) is 10.9. The highest BCUT2D eigenvalue weighted by atomic mass is 16.5. The second-order valence-electron chi connectivity index (χ2n) is 8.20. The molecule has 0 saturated carbocycles. The van der Waals surface area contributed by atoms with Gasteiger partial charge in [0.15, 0.2) is 6.61 Å². The molecule has 0 spiro atoms. The number of nitrogens with zero attached hydrogens (tertiary/aromatic N) is 1. The average molecular weight is 456 g/mol. The standard InChI is InChI=1S/C27H24N2O5/c1-17-8-9-18(2)23(14-17)28-24(30)16-34-27(33)20-10-11-21-22(15-20)26(32)29(25(21)31)13-12-19-6-4-3-5-7-19/h3-11,14-15H,12-13,16H2,1-2H3,(H,28,30). The van der Waals surface area contributed by atoms with Crippen LogP contribution >= 0.6 is 0 Å². The predicted octanol–water partition coefficient (Wildman–Crippen LogP) is 3.94. The largest absolute Gasteiger partial charge is 0.452 e. The lowest BCUT2D eigenvalue weighted by Crippen LogP contribution is -2.31. The van der Waals surface area contributed by atoms with Crippen molar-refractivity contribution in [1.29, 1.82) is 0 Å². The smallest absolute Gasteiger partial charge is 0.338 e. The van der Waals surface area contributed by atoms with Crippen LogP contribution in [0.1, 0.15) is 47.8 Å². The fourth-order valence-electron chi connectivity index (χ4n) is 3.78. The number of anilines is 1. The van der Waals surface area contributed by atoms with Gasteiger partial charge in [-0.2, -0.15) is 0 Å². The van der Waals surface area contributed by atoms with Crippen LogP contribution in [0.15, 0.2) is 66.7 Å². The van der Waals surface area contributed by atoms with Gasteiger partial charge in [0.05, 0.1) is 16.7 Å². The van der Waals surface area contributed by atoms with Gasteiger partial charge in [-0.25, -0.2) is 4.79 Å². The summed E-state index contributed by atoms with van der Waals surface area (Å²) in [6, 6.07) is 19.5. The molecular formula is C27H24N2O5. The summed E-state index contributed by atoms with van der Waals surface area (Å²) in [6.07, 6.45) is 0.538. The molecule has 3 amide bonds. The molecular weight excluding hydrogens is 432 g/mol. The Balaban J connectivity index is 1.38. The summed E-state index contributed by atoms with van der Waals surface area (Å²) in [5.74, 6) is -2.05. The number of imide groups is 1. The quantitative estimate of drug-likeness (QED) is 0.429.